The number of nitrogens with zero attached hydrogens (tertiary/aromatic N) is 2. The van der Waals surface area contributed by atoms with E-state index in [0.29, 0.717) is 18.5 Å². The van der Waals surface area contributed by atoms with E-state index < -0.39 is 5.97 Å². The summed E-state index contributed by atoms with van der Waals surface area (Å²) in [5.74, 6) is -0.533. The fourth-order valence-corrected chi connectivity index (χ4v) is 4.31. The molecule has 2 aromatic rings. The molecule has 1 fully saturated rings. The number of pyridine rings is 1. The lowest BCUT2D eigenvalue weighted by molar-refractivity contribution is -0.137. The highest BCUT2D eigenvalue weighted by atomic mass is 16.5. The highest BCUT2D eigenvalue weighted by Gasteiger charge is 2.25. The van der Waals surface area contributed by atoms with Crippen molar-refractivity contribution in [2.24, 2.45) is 0 Å². The van der Waals surface area contributed by atoms with Crippen LogP contribution >= 0.6 is 0 Å². The molecule has 1 aliphatic rings. The van der Waals surface area contributed by atoms with Crippen LogP contribution in [0.3, 0.4) is 0 Å². The van der Waals surface area contributed by atoms with Gasteiger partial charge in [0.25, 0.3) is 0 Å². The number of carboxylic acids is 1. The summed E-state index contributed by atoms with van der Waals surface area (Å²) >= 11 is 0. The van der Waals surface area contributed by atoms with Crippen molar-refractivity contribution in [1.29, 1.82) is 0 Å². The first-order chi connectivity index (χ1) is 16.0. The zero-order chi connectivity index (χ0) is 23.6. The molecule has 0 spiro atoms. The number of rotatable bonds is 12. The van der Waals surface area contributed by atoms with Gasteiger partial charge in [-0.3, -0.25) is 4.79 Å². The van der Waals surface area contributed by atoms with Crippen LogP contribution in [-0.2, 0) is 14.3 Å². The smallest absolute Gasteiger partial charge is 0.304 e. The van der Waals surface area contributed by atoms with Gasteiger partial charge in [0.2, 0.25) is 5.88 Å². The third kappa shape index (κ3) is 6.82. The third-order valence-electron chi connectivity index (χ3n) is 5.91. The van der Waals surface area contributed by atoms with Crippen molar-refractivity contribution >= 4 is 23.0 Å². The lowest BCUT2D eigenvalue weighted by atomic mass is 9.94. The van der Waals surface area contributed by atoms with E-state index in [4.69, 9.17) is 14.2 Å². The molecule has 2 heterocycles. The van der Waals surface area contributed by atoms with E-state index >= 15 is 0 Å². The Morgan fingerprint density at radius 2 is 2.06 bits per heavy atom. The number of hydrogen-bond acceptors (Lipinski definition) is 7. The Labute approximate surface area is 195 Å². The van der Waals surface area contributed by atoms with Crippen molar-refractivity contribution in [1.82, 2.24) is 4.98 Å². The number of nitrogens with one attached hydrogen (secondary N) is 1. The van der Waals surface area contributed by atoms with Gasteiger partial charge in [0, 0.05) is 44.9 Å². The Morgan fingerprint density at radius 3 is 2.67 bits per heavy atom. The molecule has 0 bridgehead atoms. The SMILES string of the molecule is CCCN(c1ccc([C@@H](COC)CC(=O)O)cc1Nc1ccc(OC)nc1)C1CCOCC1. The van der Waals surface area contributed by atoms with Gasteiger partial charge in [-0.05, 0) is 43.0 Å². The van der Waals surface area contributed by atoms with E-state index in [9.17, 15) is 9.90 Å². The molecule has 1 aliphatic heterocycles. The summed E-state index contributed by atoms with van der Waals surface area (Å²) < 4.78 is 16.1. The number of carbonyl (C=O) groups is 1. The number of aliphatic carboxylic acids is 1. The molecule has 1 aromatic heterocycles. The molecule has 1 atom stereocenters. The number of ether oxygens (including phenoxy) is 3. The van der Waals surface area contributed by atoms with Crippen molar-refractivity contribution < 1.29 is 24.1 Å². The Morgan fingerprint density at radius 1 is 1.27 bits per heavy atom. The highest BCUT2D eigenvalue weighted by molar-refractivity contribution is 5.77. The zero-order valence-electron chi connectivity index (χ0n) is 19.8. The summed E-state index contributed by atoms with van der Waals surface area (Å²) in [5, 5.41) is 12.9. The van der Waals surface area contributed by atoms with E-state index in [-0.39, 0.29) is 12.3 Å². The Kier molecular flexibility index (Phi) is 9.33. The van der Waals surface area contributed by atoms with Crippen LogP contribution in [0.4, 0.5) is 17.1 Å². The second kappa shape index (κ2) is 12.4. The van der Waals surface area contributed by atoms with Gasteiger partial charge in [-0.1, -0.05) is 13.0 Å². The van der Waals surface area contributed by atoms with Crippen LogP contribution in [0.1, 0.15) is 44.1 Å². The molecule has 3 rings (SSSR count). The first kappa shape index (κ1) is 24.8. The van der Waals surface area contributed by atoms with Crippen molar-refractivity contribution in [2.45, 2.75) is 44.6 Å². The first-order valence-electron chi connectivity index (χ1n) is 11.5. The second-order valence-corrected chi connectivity index (χ2v) is 8.28. The monoisotopic (exact) mass is 457 g/mol. The molecular weight excluding hydrogens is 422 g/mol. The van der Waals surface area contributed by atoms with Gasteiger partial charge in [-0.2, -0.15) is 0 Å². The van der Waals surface area contributed by atoms with Crippen molar-refractivity contribution in [3.8, 4) is 5.88 Å². The molecule has 1 aromatic carbocycles. The van der Waals surface area contributed by atoms with Crippen LogP contribution in [0.2, 0.25) is 0 Å². The predicted octanol–water partition coefficient (Wildman–Crippen LogP) is 4.43. The average molecular weight is 458 g/mol. The summed E-state index contributed by atoms with van der Waals surface area (Å²) in [6, 6.07) is 10.3. The van der Waals surface area contributed by atoms with Gasteiger partial charge in [-0.15, -0.1) is 0 Å². The highest BCUT2D eigenvalue weighted by Crippen LogP contribution is 2.36. The standard InChI is InChI=1S/C25H35N3O5/c1-4-11-28(21-9-12-33-13-10-21)23-7-5-18(19(17-31-2)15-25(29)30)14-22(23)27-20-6-8-24(32-3)26-16-20/h5-8,14,16,19,21,27H,4,9-13,15,17H2,1-3H3,(H,29,30)/t19-/m1/s1. The van der Waals surface area contributed by atoms with E-state index in [0.717, 1.165) is 61.6 Å². The van der Waals surface area contributed by atoms with Crippen LogP contribution in [-0.4, -0.2) is 62.7 Å². The molecule has 180 valence electrons. The van der Waals surface area contributed by atoms with Gasteiger partial charge >= 0.3 is 5.97 Å². The molecule has 33 heavy (non-hydrogen) atoms. The van der Waals surface area contributed by atoms with Crippen molar-refractivity contribution in [3.05, 3.63) is 42.1 Å². The van der Waals surface area contributed by atoms with Gasteiger partial charge in [0.15, 0.2) is 0 Å². The lowest BCUT2D eigenvalue weighted by Crippen LogP contribution is -2.40. The number of benzene rings is 1. The van der Waals surface area contributed by atoms with Crippen LogP contribution in [0.25, 0.3) is 0 Å². The molecule has 0 radical (unpaired) electrons. The maximum atomic E-state index is 11.4. The number of aromatic nitrogens is 1. The van der Waals surface area contributed by atoms with Crippen molar-refractivity contribution in [3.63, 3.8) is 0 Å². The summed E-state index contributed by atoms with van der Waals surface area (Å²) in [6.07, 6.45) is 4.73. The quantitative estimate of drug-likeness (QED) is 0.483. The minimum Gasteiger partial charge on any atom is -0.481 e. The van der Waals surface area contributed by atoms with Crippen molar-refractivity contribution in [2.75, 3.05) is 50.8 Å². The predicted molar refractivity (Wildman–Crippen MR) is 129 cm³/mol. The largest absolute Gasteiger partial charge is 0.481 e. The first-order valence-corrected chi connectivity index (χ1v) is 11.5. The molecule has 1 saturated heterocycles. The Hall–Kier alpha value is -2.84. The molecule has 0 unspecified atom stereocenters. The van der Waals surface area contributed by atoms with E-state index in [2.05, 4.69) is 28.2 Å². The topological polar surface area (TPSA) is 93.2 Å². The minimum atomic E-state index is -0.843. The van der Waals surface area contributed by atoms with Gasteiger partial charge in [-0.25, -0.2) is 4.98 Å². The van der Waals surface area contributed by atoms with E-state index in [1.54, 1.807) is 20.4 Å². The van der Waals surface area contributed by atoms with Gasteiger partial charge in [0.1, 0.15) is 0 Å². The number of anilines is 3. The van der Waals surface area contributed by atoms with Gasteiger partial charge in [0.05, 0.1) is 43.4 Å². The minimum absolute atomic E-state index is 0.00928. The molecule has 0 aliphatic carbocycles. The summed E-state index contributed by atoms with van der Waals surface area (Å²) in [5.41, 5.74) is 3.77. The maximum Gasteiger partial charge on any atom is 0.304 e. The third-order valence-corrected chi connectivity index (χ3v) is 5.91. The number of methoxy groups -OCH3 is 2. The average Bonchev–Trinajstić information content (AvgIpc) is 2.83. The van der Waals surface area contributed by atoms with Crippen LogP contribution in [0.15, 0.2) is 36.5 Å². The molecule has 2 N–H and O–H groups in total. The summed E-state index contributed by atoms with van der Waals surface area (Å²) in [4.78, 5) is 18.2. The molecule has 0 saturated carbocycles. The fourth-order valence-electron chi connectivity index (χ4n) is 4.31. The zero-order valence-corrected chi connectivity index (χ0v) is 19.8. The summed E-state index contributed by atoms with van der Waals surface area (Å²) in [7, 11) is 3.19. The fraction of sp³-hybridized carbons (Fsp3) is 0.520. The Bertz CT molecular complexity index is 884. The van der Waals surface area contributed by atoms with E-state index in [1.807, 2.05) is 24.3 Å². The van der Waals surface area contributed by atoms with Gasteiger partial charge < -0.3 is 29.5 Å². The van der Waals surface area contributed by atoms with Crippen LogP contribution in [0, 0.1) is 0 Å². The number of carboxylic acid groups (broad SMARTS) is 1. The molecule has 0 amide bonds. The Balaban J connectivity index is 2.00. The number of hydrogen-bond donors (Lipinski definition) is 2. The van der Waals surface area contributed by atoms with Crippen LogP contribution in [0.5, 0.6) is 5.88 Å². The summed E-state index contributed by atoms with van der Waals surface area (Å²) in [6.45, 7) is 4.98. The molecular formula is C25H35N3O5. The lowest BCUT2D eigenvalue weighted by Gasteiger charge is -2.37. The van der Waals surface area contributed by atoms with Crippen LogP contribution < -0.4 is 15.0 Å². The second-order valence-electron chi connectivity index (χ2n) is 8.28. The maximum absolute atomic E-state index is 11.4. The molecule has 8 nitrogen and oxygen atoms in total. The van der Waals surface area contributed by atoms with E-state index in [1.165, 1.54) is 0 Å². The normalized spacial score (nSPS) is 15.1. The molecule has 8 heteroatoms.